The molecule has 0 spiro atoms. The Hall–Kier alpha value is -2.14. The van der Waals surface area contributed by atoms with E-state index in [-0.39, 0.29) is 24.5 Å². The predicted octanol–water partition coefficient (Wildman–Crippen LogP) is 2.55. The molecule has 5 nitrogen and oxygen atoms in total. The Bertz CT molecular complexity index is 677. The maximum absolute atomic E-state index is 12.4. The van der Waals surface area contributed by atoms with Crippen molar-refractivity contribution in [2.45, 2.75) is 46.6 Å². The van der Waals surface area contributed by atoms with Crippen molar-refractivity contribution in [2.24, 2.45) is 5.92 Å². The zero-order valence-electron chi connectivity index (χ0n) is 14.9. The molecular formula is C19H27N3O2. The molecule has 5 heteroatoms. The summed E-state index contributed by atoms with van der Waals surface area (Å²) in [4.78, 5) is 12.4. The van der Waals surface area contributed by atoms with Crippen LogP contribution in [0.3, 0.4) is 0 Å². The SMILES string of the molecule is Cc1nn(-c2ccccc2)c(C)c1CC(=O)NC(CCO)C(C)C. The number of carbonyl (C=O) groups excluding carboxylic acids is 1. The number of benzene rings is 1. The topological polar surface area (TPSA) is 67.2 Å². The van der Waals surface area contributed by atoms with E-state index in [9.17, 15) is 4.79 Å². The summed E-state index contributed by atoms with van der Waals surface area (Å²) in [6, 6.07) is 9.91. The molecule has 1 amide bonds. The van der Waals surface area contributed by atoms with E-state index in [1.165, 1.54) is 0 Å². The highest BCUT2D eigenvalue weighted by Gasteiger charge is 2.19. The standard InChI is InChI=1S/C19H27N3O2/c1-13(2)18(10-11-23)20-19(24)12-17-14(3)21-22(15(17)4)16-8-6-5-7-9-16/h5-9,13,18,23H,10-12H2,1-4H3,(H,20,24). The van der Waals surface area contributed by atoms with Crippen LogP contribution in [0.4, 0.5) is 0 Å². The second kappa shape index (κ2) is 8.11. The second-order valence-electron chi connectivity index (χ2n) is 6.50. The average molecular weight is 329 g/mol. The van der Waals surface area contributed by atoms with Gasteiger partial charge >= 0.3 is 0 Å². The molecule has 1 unspecified atom stereocenters. The molecule has 0 radical (unpaired) electrons. The first-order valence-electron chi connectivity index (χ1n) is 8.44. The second-order valence-corrected chi connectivity index (χ2v) is 6.50. The first-order chi connectivity index (χ1) is 11.4. The molecule has 0 saturated carbocycles. The molecule has 0 aliphatic heterocycles. The minimum Gasteiger partial charge on any atom is -0.396 e. The molecule has 0 bridgehead atoms. The third-order valence-corrected chi connectivity index (χ3v) is 4.37. The Morgan fingerprint density at radius 2 is 1.92 bits per heavy atom. The van der Waals surface area contributed by atoms with Gasteiger partial charge in [0.25, 0.3) is 0 Å². The Morgan fingerprint density at radius 3 is 2.50 bits per heavy atom. The third-order valence-electron chi connectivity index (χ3n) is 4.37. The molecule has 24 heavy (non-hydrogen) atoms. The van der Waals surface area contributed by atoms with E-state index in [0.29, 0.717) is 12.8 Å². The molecule has 1 atom stereocenters. The summed E-state index contributed by atoms with van der Waals surface area (Å²) in [5.74, 6) is 0.260. The highest BCUT2D eigenvalue weighted by molar-refractivity contribution is 5.79. The van der Waals surface area contributed by atoms with Gasteiger partial charge in [-0.1, -0.05) is 32.0 Å². The molecule has 1 heterocycles. The Balaban J connectivity index is 2.15. The lowest BCUT2D eigenvalue weighted by molar-refractivity contribution is -0.121. The number of hydrogen-bond donors (Lipinski definition) is 2. The van der Waals surface area contributed by atoms with E-state index in [2.05, 4.69) is 10.4 Å². The average Bonchev–Trinajstić information content (AvgIpc) is 2.83. The maximum atomic E-state index is 12.4. The van der Waals surface area contributed by atoms with E-state index in [1.807, 2.05) is 62.7 Å². The van der Waals surface area contributed by atoms with Gasteiger partial charge in [0, 0.05) is 23.9 Å². The van der Waals surface area contributed by atoms with Gasteiger partial charge in [0.05, 0.1) is 17.8 Å². The molecule has 2 N–H and O–H groups in total. The number of para-hydroxylation sites is 1. The number of aliphatic hydroxyl groups is 1. The molecule has 2 rings (SSSR count). The summed E-state index contributed by atoms with van der Waals surface area (Å²) in [5, 5.41) is 16.8. The van der Waals surface area contributed by atoms with Crippen LogP contribution in [-0.2, 0) is 11.2 Å². The molecular weight excluding hydrogens is 302 g/mol. The van der Waals surface area contributed by atoms with Crippen molar-refractivity contribution in [1.82, 2.24) is 15.1 Å². The lowest BCUT2D eigenvalue weighted by atomic mass is 10.0. The monoisotopic (exact) mass is 329 g/mol. The summed E-state index contributed by atoms with van der Waals surface area (Å²) in [6.07, 6.45) is 0.879. The number of rotatable bonds is 7. The molecule has 0 aliphatic rings. The lowest BCUT2D eigenvalue weighted by Gasteiger charge is -2.21. The van der Waals surface area contributed by atoms with Gasteiger partial charge in [0.1, 0.15) is 0 Å². The van der Waals surface area contributed by atoms with Crippen molar-refractivity contribution in [3.05, 3.63) is 47.3 Å². The van der Waals surface area contributed by atoms with Crippen LogP contribution in [0.2, 0.25) is 0 Å². The van der Waals surface area contributed by atoms with Gasteiger partial charge in [-0.05, 0) is 38.3 Å². The van der Waals surface area contributed by atoms with Gasteiger partial charge in [0.2, 0.25) is 5.91 Å². The molecule has 0 aliphatic carbocycles. The summed E-state index contributed by atoms with van der Waals surface area (Å²) in [7, 11) is 0. The van der Waals surface area contributed by atoms with Crippen molar-refractivity contribution < 1.29 is 9.90 Å². The van der Waals surface area contributed by atoms with Crippen LogP contribution in [0, 0.1) is 19.8 Å². The quantitative estimate of drug-likeness (QED) is 0.820. The smallest absolute Gasteiger partial charge is 0.224 e. The van der Waals surface area contributed by atoms with Crippen LogP contribution in [0.15, 0.2) is 30.3 Å². The number of nitrogens with zero attached hydrogens (tertiary/aromatic N) is 2. The number of aryl methyl sites for hydroxylation is 1. The van der Waals surface area contributed by atoms with Crippen LogP contribution in [0.1, 0.15) is 37.2 Å². The van der Waals surface area contributed by atoms with Crippen LogP contribution in [0.5, 0.6) is 0 Å². The van der Waals surface area contributed by atoms with E-state index in [4.69, 9.17) is 5.11 Å². The molecule has 1 aromatic carbocycles. The number of aliphatic hydroxyl groups excluding tert-OH is 1. The van der Waals surface area contributed by atoms with Gasteiger partial charge in [-0.15, -0.1) is 0 Å². The summed E-state index contributed by atoms with van der Waals surface area (Å²) < 4.78 is 1.88. The molecule has 130 valence electrons. The number of carbonyl (C=O) groups is 1. The number of amides is 1. The van der Waals surface area contributed by atoms with Crippen LogP contribution >= 0.6 is 0 Å². The van der Waals surface area contributed by atoms with Crippen molar-refractivity contribution in [2.75, 3.05) is 6.61 Å². The van der Waals surface area contributed by atoms with Crippen LogP contribution in [0.25, 0.3) is 5.69 Å². The van der Waals surface area contributed by atoms with Gasteiger partial charge < -0.3 is 10.4 Å². The number of nitrogens with one attached hydrogen (secondary N) is 1. The van der Waals surface area contributed by atoms with E-state index < -0.39 is 0 Å². The van der Waals surface area contributed by atoms with Crippen molar-refractivity contribution in [3.8, 4) is 5.69 Å². The number of hydrogen-bond acceptors (Lipinski definition) is 3. The minimum atomic E-state index is -0.0269. The summed E-state index contributed by atoms with van der Waals surface area (Å²) in [6.45, 7) is 8.09. The van der Waals surface area contributed by atoms with Crippen molar-refractivity contribution in [1.29, 1.82) is 0 Å². The molecule has 2 aromatic rings. The van der Waals surface area contributed by atoms with Gasteiger partial charge in [0.15, 0.2) is 0 Å². The number of aromatic nitrogens is 2. The Labute approximate surface area is 143 Å². The van der Waals surface area contributed by atoms with Gasteiger partial charge in [-0.25, -0.2) is 4.68 Å². The Kier molecular flexibility index (Phi) is 6.15. The largest absolute Gasteiger partial charge is 0.396 e. The van der Waals surface area contributed by atoms with Gasteiger partial charge in [-0.3, -0.25) is 4.79 Å². The van der Waals surface area contributed by atoms with Crippen molar-refractivity contribution in [3.63, 3.8) is 0 Å². The normalized spacial score (nSPS) is 12.4. The summed E-state index contributed by atoms with van der Waals surface area (Å²) >= 11 is 0. The highest BCUT2D eigenvalue weighted by atomic mass is 16.3. The fourth-order valence-corrected chi connectivity index (χ4v) is 2.88. The fourth-order valence-electron chi connectivity index (χ4n) is 2.88. The third kappa shape index (κ3) is 4.23. The molecule has 1 aromatic heterocycles. The van der Waals surface area contributed by atoms with Crippen LogP contribution in [-0.4, -0.2) is 33.4 Å². The predicted molar refractivity (Wildman–Crippen MR) is 95.2 cm³/mol. The van der Waals surface area contributed by atoms with E-state index >= 15 is 0 Å². The first kappa shape index (κ1) is 18.2. The maximum Gasteiger partial charge on any atom is 0.224 e. The lowest BCUT2D eigenvalue weighted by Crippen LogP contribution is -2.40. The highest BCUT2D eigenvalue weighted by Crippen LogP contribution is 2.18. The van der Waals surface area contributed by atoms with Gasteiger partial charge in [-0.2, -0.15) is 5.10 Å². The zero-order valence-corrected chi connectivity index (χ0v) is 14.9. The fraction of sp³-hybridized carbons (Fsp3) is 0.474. The van der Waals surface area contributed by atoms with E-state index in [0.717, 1.165) is 22.6 Å². The van der Waals surface area contributed by atoms with E-state index in [1.54, 1.807) is 0 Å². The first-order valence-corrected chi connectivity index (χ1v) is 8.44. The summed E-state index contributed by atoms with van der Waals surface area (Å²) in [5.41, 5.74) is 3.81. The van der Waals surface area contributed by atoms with Crippen molar-refractivity contribution >= 4 is 5.91 Å². The molecule has 0 saturated heterocycles. The molecule has 0 fully saturated rings. The zero-order chi connectivity index (χ0) is 17.7. The minimum absolute atomic E-state index is 0.00715. The Morgan fingerprint density at radius 1 is 1.25 bits per heavy atom. The van der Waals surface area contributed by atoms with Crippen LogP contribution < -0.4 is 5.32 Å².